The highest BCUT2D eigenvalue weighted by molar-refractivity contribution is 6.05. The Morgan fingerprint density at radius 1 is 1.17 bits per heavy atom. The van der Waals surface area contributed by atoms with Gasteiger partial charge in [0.05, 0.1) is 12.8 Å². The van der Waals surface area contributed by atoms with E-state index >= 15 is 0 Å². The SMILES string of the molecule is O=C1CC(OC(=O)NCCC(=O)ON2C(=O)CCC2=O)C(=O)N1. The molecule has 2 aliphatic rings. The molecule has 0 spiro atoms. The lowest BCUT2D eigenvalue weighted by Gasteiger charge is -2.13. The number of hydrogen-bond donors (Lipinski definition) is 2. The summed E-state index contributed by atoms with van der Waals surface area (Å²) < 4.78 is 4.69. The Balaban J connectivity index is 1.66. The Kier molecular flexibility index (Phi) is 4.88. The number of hydrogen-bond acceptors (Lipinski definition) is 8. The second-order valence-electron chi connectivity index (χ2n) is 4.73. The molecule has 5 amide bonds. The average molecular weight is 327 g/mol. The van der Waals surface area contributed by atoms with Crippen molar-refractivity contribution < 1.29 is 38.3 Å². The number of nitrogens with one attached hydrogen (secondary N) is 2. The molecule has 1 atom stereocenters. The standard InChI is InChI=1S/C12H13N3O8/c16-7-5-6(11(20)14-7)22-12(21)13-4-3-10(19)23-15-8(17)1-2-9(15)18/h6H,1-5H2,(H,13,21)(H,14,16,20). The maximum absolute atomic E-state index is 11.4. The minimum Gasteiger partial charge on any atom is -0.436 e. The minimum atomic E-state index is -1.20. The predicted octanol–water partition coefficient (Wildman–Crippen LogP) is -1.87. The van der Waals surface area contributed by atoms with Crippen LogP contribution < -0.4 is 10.6 Å². The average Bonchev–Trinajstić information content (AvgIpc) is 2.94. The van der Waals surface area contributed by atoms with Gasteiger partial charge in [-0.15, -0.1) is 5.06 Å². The summed E-state index contributed by atoms with van der Waals surface area (Å²) in [6.07, 6.45) is -2.79. The topological polar surface area (TPSA) is 148 Å². The van der Waals surface area contributed by atoms with Gasteiger partial charge in [0.2, 0.25) is 5.91 Å². The molecule has 23 heavy (non-hydrogen) atoms. The van der Waals surface area contributed by atoms with Gasteiger partial charge in [0.15, 0.2) is 6.10 Å². The van der Waals surface area contributed by atoms with E-state index < -0.39 is 41.8 Å². The molecule has 0 aromatic carbocycles. The van der Waals surface area contributed by atoms with Gasteiger partial charge in [0, 0.05) is 19.4 Å². The maximum atomic E-state index is 11.4. The molecule has 2 saturated heterocycles. The van der Waals surface area contributed by atoms with E-state index in [1.54, 1.807) is 0 Å². The number of hydroxylamine groups is 2. The van der Waals surface area contributed by atoms with Gasteiger partial charge in [0.25, 0.3) is 17.7 Å². The monoisotopic (exact) mass is 327 g/mol. The fourth-order valence-corrected chi connectivity index (χ4v) is 1.87. The van der Waals surface area contributed by atoms with Gasteiger partial charge < -0.3 is 14.9 Å². The highest BCUT2D eigenvalue weighted by atomic mass is 16.7. The molecule has 0 saturated carbocycles. The second kappa shape index (κ2) is 6.85. The van der Waals surface area contributed by atoms with Crippen LogP contribution in [-0.4, -0.2) is 53.4 Å². The number of ether oxygens (including phenoxy) is 1. The van der Waals surface area contributed by atoms with Crippen molar-refractivity contribution in [1.82, 2.24) is 15.7 Å². The molecule has 124 valence electrons. The zero-order valence-corrected chi connectivity index (χ0v) is 11.8. The van der Waals surface area contributed by atoms with E-state index in [4.69, 9.17) is 0 Å². The van der Waals surface area contributed by atoms with Gasteiger partial charge >= 0.3 is 12.1 Å². The van der Waals surface area contributed by atoms with Gasteiger partial charge in [0.1, 0.15) is 0 Å². The first-order chi connectivity index (χ1) is 10.9. The highest BCUT2D eigenvalue weighted by Crippen LogP contribution is 2.12. The molecule has 11 heteroatoms. The highest BCUT2D eigenvalue weighted by Gasteiger charge is 2.34. The van der Waals surface area contributed by atoms with E-state index in [1.165, 1.54) is 0 Å². The van der Waals surface area contributed by atoms with Crippen molar-refractivity contribution in [2.75, 3.05) is 6.54 Å². The van der Waals surface area contributed by atoms with Crippen LogP contribution in [0.2, 0.25) is 0 Å². The van der Waals surface area contributed by atoms with Crippen LogP contribution in [0.3, 0.4) is 0 Å². The van der Waals surface area contributed by atoms with E-state index in [1.807, 2.05) is 5.32 Å². The molecule has 0 radical (unpaired) electrons. The maximum Gasteiger partial charge on any atom is 0.407 e. The normalized spacial score (nSPS) is 20.5. The number of alkyl carbamates (subject to hydrolysis) is 1. The summed E-state index contributed by atoms with van der Waals surface area (Å²) in [5, 5.41) is 4.55. The Bertz CT molecular complexity index is 571. The van der Waals surface area contributed by atoms with E-state index in [2.05, 4.69) is 14.9 Å². The Labute approximate surface area is 129 Å². The van der Waals surface area contributed by atoms with Crippen LogP contribution in [0.15, 0.2) is 0 Å². The van der Waals surface area contributed by atoms with E-state index in [9.17, 15) is 28.8 Å². The van der Waals surface area contributed by atoms with Gasteiger partial charge in [-0.25, -0.2) is 9.59 Å². The summed E-state index contributed by atoms with van der Waals surface area (Å²) in [6, 6.07) is 0. The summed E-state index contributed by atoms with van der Waals surface area (Å²) in [5.41, 5.74) is 0. The van der Waals surface area contributed by atoms with Crippen molar-refractivity contribution in [1.29, 1.82) is 0 Å². The van der Waals surface area contributed by atoms with E-state index in [-0.39, 0.29) is 32.2 Å². The zero-order valence-electron chi connectivity index (χ0n) is 11.8. The number of rotatable bonds is 5. The molecule has 0 bridgehead atoms. The third kappa shape index (κ3) is 4.25. The summed E-state index contributed by atoms with van der Waals surface area (Å²) in [6.45, 7) is -0.198. The molecule has 0 aliphatic carbocycles. The van der Waals surface area contributed by atoms with E-state index in [0.29, 0.717) is 5.06 Å². The molecule has 2 fully saturated rings. The summed E-state index contributed by atoms with van der Waals surface area (Å²) >= 11 is 0. The molecule has 1 unspecified atom stereocenters. The number of carbonyl (C=O) groups excluding carboxylic acids is 6. The minimum absolute atomic E-state index is 0.0150. The number of amides is 5. The molecule has 0 aromatic rings. The van der Waals surface area contributed by atoms with Gasteiger partial charge in [-0.1, -0.05) is 0 Å². The van der Waals surface area contributed by atoms with Crippen LogP contribution in [0, 0.1) is 0 Å². The molecule has 2 heterocycles. The predicted molar refractivity (Wildman–Crippen MR) is 67.8 cm³/mol. The first-order valence-electron chi connectivity index (χ1n) is 6.71. The van der Waals surface area contributed by atoms with Crippen LogP contribution in [0.4, 0.5) is 4.79 Å². The fraction of sp³-hybridized carbons (Fsp3) is 0.500. The molecular formula is C12H13N3O8. The fourth-order valence-electron chi connectivity index (χ4n) is 1.87. The van der Waals surface area contributed by atoms with Crippen LogP contribution in [0.1, 0.15) is 25.7 Å². The second-order valence-corrected chi connectivity index (χ2v) is 4.73. The molecular weight excluding hydrogens is 314 g/mol. The Hall–Kier alpha value is -2.98. The van der Waals surface area contributed by atoms with Gasteiger partial charge in [-0.2, -0.15) is 0 Å². The van der Waals surface area contributed by atoms with Crippen molar-refractivity contribution in [3.63, 3.8) is 0 Å². The first-order valence-corrected chi connectivity index (χ1v) is 6.71. The van der Waals surface area contributed by atoms with Crippen molar-refractivity contribution >= 4 is 35.7 Å². The number of carbonyl (C=O) groups is 6. The Morgan fingerprint density at radius 2 is 1.83 bits per heavy atom. The van der Waals surface area contributed by atoms with Crippen molar-refractivity contribution in [3.8, 4) is 0 Å². The lowest BCUT2D eigenvalue weighted by molar-refractivity contribution is -0.197. The quantitative estimate of drug-likeness (QED) is 0.558. The van der Waals surface area contributed by atoms with Crippen molar-refractivity contribution in [2.24, 2.45) is 0 Å². The number of imide groups is 2. The molecule has 2 rings (SSSR count). The Morgan fingerprint density at radius 3 is 2.39 bits per heavy atom. The third-order valence-corrected chi connectivity index (χ3v) is 2.97. The lowest BCUT2D eigenvalue weighted by atomic mass is 10.3. The largest absolute Gasteiger partial charge is 0.436 e. The smallest absolute Gasteiger partial charge is 0.407 e. The summed E-state index contributed by atoms with van der Waals surface area (Å²) in [7, 11) is 0. The molecule has 11 nitrogen and oxygen atoms in total. The van der Waals surface area contributed by atoms with Crippen LogP contribution >= 0.6 is 0 Å². The van der Waals surface area contributed by atoms with Gasteiger partial charge in [-0.3, -0.25) is 24.5 Å². The zero-order chi connectivity index (χ0) is 17.0. The van der Waals surface area contributed by atoms with Crippen molar-refractivity contribution in [3.05, 3.63) is 0 Å². The molecule has 2 N–H and O–H groups in total. The summed E-state index contributed by atoms with van der Waals surface area (Å²) in [5.74, 6) is -3.35. The van der Waals surface area contributed by atoms with Crippen molar-refractivity contribution in [2.45, 2.75) is 31.8 Å². The number of nitrogens with zero attached hydrogens (tertiary/aromatic N) is 1. The first kappa shape index (κ1) is 16.4. The third-order valence-electron chi connectivity index (χ3n) is 2.97. The van der Waals surface area contributed by atoms with E-state index in [0.717, 1.165) is 0 Å². The van der Waals surface area contributed by atoms with Crippen LogP contribution in [-0.2, 0) is 33.5 Å². The van der Waals surface area contributed by atoms with Gasteiger partial charge in [-0.05, 0) is 0 Å². The summed E-state index contributed by atoms with van der Waals surface area (Å²) in [4.78, 5) is 71.9. The lowest BCUT2D eigenvalue weighted by Crippen LogP contribution is -2.36. The van der Waals surface area contributed by atoms with Crippen LogP contribution in [0.5, 0.6) is 0 Å². The van der Waals surface area contributed by atoms with Crippen LogP contribution in [0.25, 0.3) is 0 Å². The molecule has 2 aliphatic heterocycles. The molecule has 0 aromatic heterocycles.